The first-order valence-electron chi connectivity index (χ1n) is 6.47. The highest BCUT2D eigenvalue weighted by Crippen LogP contribution is 2.18. The van der Waals surface area contributed by atoms with Gasteiger partial charge in [0.15, 0.2) is 6.29 Å². The lowest BCUT2D eigenvalue weighted by Crippen LogP contribution is -2.03. The van der Waals surface area contributed by atoms with E-state index in [4.69, 9.17) is 4.74 Å². The van der Waals surface area contributed by atoms with Crippen LogP contribution in [0.25, 0.3) is 5.65 Å². The smallest absolute Gasteiger partial charge is 0.243 e. The number of aldehydes is 1. The molecule has 0 aliphatic carbocycles. The SMILES string of the molecule is O=Cc1c(OCCc2ccccc2)nc2ccccn12. The maximum absolute atomic E-state index is 11.2. The Bertz CT molecular complexity index is 720. The lowest BCUT2D eigenvalue weighted by Gasteiger charge is -2.03. The zero-order valence-electron chi connectivity index (χ0n) is 10.9. The predicted octanol–water partition coefficient (Wildman–Crippen LogP) is 2.77. The third-order valence-electron chi connectivity index (χ3n) is 3.12. The van der Waals surface area contributed by atoms with E-state index < -0.39 is 0 Å². The molecule has 0 spiro atoms. The monoisotopic (exact) mass is 266 g/mol. The van der Waals surface area contributed by atoms with Gasteiger partial charge in [-0.05, 0) is 17.7 Å². The molecule has 2 heterocycles. The molecule has 2 aromatic heterocycles. The van der Waals surface area contributed by atoms with Crippen LogP contribution >= 0.6 is 0 Å². The van der Waals surface area contributed by atoms with Gasteiger partial charge < -0.3 is 4.74 Å². The summed E-state index contributed by atoms with van der Waals surface area (Å²) >= 11 is 0. The molecule has 3 aromatic rings. The van der Waals surface area contributed by atoms with Gasteiger partial charge in [0, 0.05) is 12.6 Å². The molecule has 3 rings (SSSR count). The van der Waals surface area contributed by atoms with Crippen LogP contribution in [0.1, 0.15) is 16.1 Å². The summed E-state index contributed by atoms with van der Waals surface area (Å²) in [7, 11) is 0. The Morgan fingerprint density at radius 3 is 2.70 bits per heavy atom. The van der Waals surface area contributed by atoms with Gasteiger partial charge in [-0.25, -0.2) is 0 Å². The fourth-order valence-electron chi connectivity index (χ4n) is 2.12. The van der Waals surface area contributed by atoms with E-state index in [0.29, 0.717) is 23.8 Å². The highest BCUT2D eigenvalue weighted by Gasteiger charge is 2.11. The highest BCUT2D eigenvalue weighted by atomic mass is 16.5. The van der Waals surface area contributed by atoms with Crippen molar-refractivity contribution in [2.45, 2.75) is 6.42 Å². The first-order valence-corrected chi connectivity index (χ1v) is 6.47. The first kappa shape index (κ1) is 12.4. The minimum absolute atomic E-state index is 0.391. The topological polar surface area (TPSA) is 43.6 Å². The number of imidazole rings is 1. The van der Waals surface area contributed by atoms with Gasteiger partial charge in [0.2, 0.25) is 5.88 Å². The number of nitrogens with zero attached hydrogens (tertiary/aromatic N) is 2. The van der Waals surface area contributed by atoms with E-state index in [0.717, 1.165) is 12.7 Å². The van der Waals surface area contributed by atoms with Crippen molar-refractivity contribution in [3.8, 4) is 5.88 Å². The van der Waals surface area contributed by atoms with Crippen LogP contribution < -0.4 is 4.74 Å². The summed E-state index contributed by atoms with van der Waals surface area (Å²) in [6.07, 6.45) is 3.36. The van der Waals surface area contributed by atoms with Crippen molar-refractivity contribution in [1.29, 1.82) is 0 Å². The minimum atomic E-state index is 0.391. The molecule has 4 heteroatoms. The molecule has 0 unspecified atom stereocenters. The maximum Gasteiger partial charge on any atom is 0.243 e. The molecule has 0 aliphatic rings. The summed E-state index contributed by atoms with van der Waals surface area (Å²) in [5.41, 5.74) is 2.36. The van der Waals surface area contributed by atoms with E-state index in [9.17, 15) is 4.79 Å². The summed E-state index contributed by atoms with van der Waals surface area (Å²) in [5, 5.41) is 0. The van der Waals surface area contributed by atoms with Crippen molar-refractivity contribution in [2.24, 2.45) is 0 Å². The third-order valence-corrected chi connectivity index (χ3v) is 3.12. The van der Waals surface area contributed by atoms with Crippen molar-refractivity contribution in [3.63, 3.8) is 0 Å². The average Bonchev–Trinajstić information content (AvgIpc) is 2.86. The second kappa shape index (κ2) is 5.57. The average molecular weight is 266 g/mol. The van der Waals surface area contributed by atoms with Crippen molar-refractivity contribution < 1.29 is 9.53 Å². The van der Waals surface area contributed by atoms with Gasteiger partial charge in [-0.2, -0.15) is 4.98 Å². The summed E-state index contributed by atoms with van der Waals surface area (Å²) in [6.45, 7) is 0.495. The van der Waals surface area contributed by atoms with Crippen LogP contribution in [-0.2, 0) is 6.42 Å². The van der Waals surface area contributed by atoms with Crippen molar-refractivity contribution >= 4 is 11.9 Å². The normalized spacial score (nSPS) is 10.6. The van der Waals surface area contributed by atoms with Crippen LogP contribution in [0.3, 0.4) is 0 Å². The van der Waals surface area contributed by atoms with Gasteiger partial charge in [-0.15, -0.1) is 0 Å². The molecule has 4 nitrogen and oxygen atoms in total. The number of rotatable bonds is 5. The largest absolute Gasteiger partial charge is 0.476 e. The molecule has 100 valence electrons. The molecular formula is C16H14N2O2. The van der Waals surface area contributed by atoms with Crippen LogP contribution in [-0.4, -0.2) is 22.3 Å². The summed E-state index contributed by atoms with van der Waals surface area (Å²) in [6, 6.07) is 15.7. The Labute approximate surface area is 116 Å². The Morgan fingerprint density at radius 1 is 1.10 bits per heavy atom. The number of carbonyl (C=O) groups is 1. The molecule has 1 aromatic carbocycles. The van der Waals surface area contributed by atoms with Gasteiger partial charge in [0.05, 0.1) is 6.61 Å². The molecule has 0 N–H and O–H groups in total. The van der Waals surface area contributed by atoms with Crippen LogP contribution in [0.15, 0.2) is 54.7 Å². The molecule has 0 fully saturated rings. The fourth-order valence-corrected chi connectivity index (χ4v) is 2.12. The van der Waals surface area contributed by atoms with Gasteiger partial charge in [-0.1, -0.05) is 36.4 Å². The van der Waals surface area contributed by atoms with Gasteiger partial charge in [-0.3, -0.25) is 9.20 Å². The van der Waals surface area contributed by atoms with E-state index in [2.05, 4.69) is 4.98 Å². The van der Waals surface area contributed by atoms with Crippen molar-refractivity contribution in [1.82, 2.24) is 9.38 Å². The zero-order valence-corrected chi connectivity index (χ0v) is 10.9. The van der Waals surface area contributed by atoms with Crippen LogP contribution in [0.2, 0.25) is 0 Å². The van der Waals surface area contributed by atoms with Gasteiger partial charge >= 0.3 is 0 Å². The van der Waals surface area contributed by atoms with Crippen LogP contribution in [0.5, 0.6) is 5.88 Å². The molecule has 0 bridgehead atoms. The number of hydrogen-bond donors (Lipinski definition) is 0. The molecule has 0 radical (unpaired) electrons. The van der Waals surface area contributed by atoms with E-state index in [1.165, 1.54) is 5.56 Å². The van der Waals surface area contributed by atoms with Crippen LogP contribution in [0, 0.1) is 0 Å². The van der Waals surface area contributed by atoms with Crippen molar-refractivity contribution in [2.75, 3.05) is 6.61 Å². The van der Waals surface area contributed by atoms with E-state index in [1.807, 2.05) is 48.5 Å². The zero-order chi connectivity index (χ0) is 13.8. The summed E-state index contributed by atoms with van der Waals surface area (Å²) in [4.78, 5) is 15.5. The Balaban J connectivity index is 1.76. The highest BCUT2D eigenvalue weighted by molar-refractivity contribution is 5.78. The lowest BCUT2D eigenvalue weighted by atomic mass is 10.2. The number of hydrogen-bond acceptors (Lipinski definition) is 3. The molecule has 20 heavy (non-hydrogen) atoms. The first-order chi connectivity index (χ1) is 9.88. The second-order valence-electron chi connectivity index (χ2n) is 4.43. The number of carbonyl (C=O) groups excluding carboxylic acids is 1. The molecule has 0 atom stereocenters. The second-order valence-corrected chi connectivity index (χ2v) is 4.43. The number of pyridine rings is 1. The summed E-state index contributed by atoms with van der Waals surface area (Å²) in [5.74, 6) is 0.391. The summed E-state index contributed by atoms with van der Waals surface area (Å²) < 4.78 is 7.38. The van der Waals surface area contributed by atoms with Crippen LogP contribution in [0.4, 0.5) is 0 Å². The third kappa shape index (κ3) is 2.40. The lowest BCUT2D eigenvalue weighted by molar-refractivity contribution is 0.111. The maximum atomic E-state index is 11.2. The number of benzene rings is 1. The predicted molar refractivity (Wildman–Crippen MR) is 76.2 cm³/mol. The molecule has 0 amide bonds. The standard InChI is InChI=1S/C16H14N2O2/c19-12-14-16(17-15-8-4-5-10-18(14)15)20-11-9-13-6-2-1-3-7-13/h1-8,10,12H,9,11H2. The minimum Gasteiger partial charge on any atom is -0.476 e. The number of aromatic nitrogens is 2. The Kier molecular flexibility index (Phi) is 3.46. The molecule has 0 saturated carbocycles. The molecule has 0 aliphatic heterocycles. The Morgan fingerprint density at radius 2 is 1.90 bits per heavy atom. The van der Waals surface area contributed by atoms with Gasteiger partial charge in [0.1, 0.15) is 11.3 Å². The molecule has 0 saturated heterocycles. The fraction of sp³-hybridized carbons (Fsp3) is 0.125. The van der Waals surface area contributed by atoms with Gasteiger partial charge in [0.25, 0.3) is 0 Å². The number of fused-ring (bicyclic) bond motifs is 1. The molecular weight excluding hydrogens is 252 g/mol. The van der Waals surface area contributed by atoms with E-state index in [-0.39, 0.29) is 0 Å². The quantitative estimate of drug-likeness (QED) is 0.667. The van der Waals surface area contributed by atoms with E-state index >= 15 is 0 Å². The van der Waals surface area contributed by atoms with Crippen molar-refractivity contribution in [3.05, 3.63) is 66.0 Å². The van der Waals surface area contributed by atoms with E-state index in [1.54, 1.807) is 10.6 Å². The number of ether oxygens (including phenoxy) is 1. The Hall–Kier alpha value is -2.62.